The SMILES string of the molecule is CN(CCO)[C@H]1CCNC1.Cl.Cl. The Hall–Kier alpha value is 0.460. The Kier molecular flexibility index (Phi) is 10.1. The maximum Gasteiger partial charge on any atom is 0.0558 e. The van der Waals surface area contributed by atoms with E-state index in [9.17, 15) is 0 Å². The first kappa shape index (κ1) is 15.0. The lowest BCUT2D eigenvalue weighted by atomic mass is 10.2. The van der Waals surface area contributed by atoms with Crippen molar-refractivity contribution in [3.05, 3.63) is 0 Å². The molecule has 0 aromatic heterocycles. The lowest BCUT2D eigenvalue weighted by Gasteiger charge is -2.21. The van der Waals surface area contributed by atoms with Gasteiger partial charge in [0.1, 0.15) is 0 Å². The van der Waals surface area contributed by atoms with Crippen molar-refractivity contribution in [2.24, 2.45) is 0 Å². The molecule has 0 saturated carbocycles. The van der Waals surface area contributed by atoms with Crippen molar-refractivity contribution < 1.29 is 5.11 Å². The van der Waals surface area contributed by atoms with E-state index < -0.39 is 0 Å². The first-order valence-electron chi connectivity index (χ1n) is 3.86. The van der Waals surface area contributed by atoms with Gasteiger partial charge in [-0.25, -0.2) is 0 Å². The van der Waals surface area contributed by atoms with Gasteiger partial charge in [0, 0.05) is 19.1 Å². The van der Waals surface area contributed by atoms with Crippen LogP contribution in [0.15, 0.2) is 0 Å². The van der Waals surface area contributed by atoms with Crippen LogP contribution < -0.4 is 5.32 Å². The van der Waals surface area contributed by atoms with Crippen molar-refractivity contribution in [1.29, 1.82) is 0 Å². The predicted molar refractivity (Wildman–Crippen MR) is 55.5 cm³/mol. The van der Waals surface area contributed by atoms with E-state index in [2.05, 4.69) is 17.3 Å². The Morgan fingerprint density at radius 2 is 2.17 bits per heavy atom. The Balaban J connectivity index is 0. The first-order chi connectivity index (χ1) is 4.84. The number of hydrogen-bond acceptors (Lipinski definition) is 3. The lowest BCUT2D eigenvalue weighted by molar-refractivity contribution is 0.187. The summed E-state index contributed by atoms with van der Waals surface area (Å²) < 4.78 is 0. The van der Waals surface area contributed by atoms with Crippen LogP contribution in [-0.2, 0) is 0 Å². The van der Waals surface area contributed by atoms with Gasteiger partial charge in [0.15, 0.2) is 0 Å². The molecule has 0 aromatic carbocycles. The van der Waals surface area contributed by atoms with E-state index in [1.54, 1.807) is 0 Å². The van der Waals surface area contributed by atoms with Gasteiger partial charge in [-0.3, -0.25) is 4.90 Å². The molecule has 1 fully saturated rings. The highest BCUT2D eigenvalue weighted by Crippen LogP contribution is 2.04. The Morgan fingerprint density at radius 3 is 2.58 bits per heavy atom. The average molecular weight is 217 g/mol. The zero-order chi connectivity index (χ0) is 7.40. The summed E-state index contributed by atoms with van der Waals surface area (Å²) in [6.07, 6.45) is 1.22. The van der Waals surface area contributed by atoms with E-state index in [-0.39, 0.29) is 31.4 Å². The summed E-state index contributed by atoms with van der Waals surface area (Å²) in [5, 5.41) is 11.9. The molecule has 2 N–H and O–H groups in total. The Labute approximate surface area is 86.3 Å². The second-order valence-electron chi connectivity index (χ2n) is 2.85. The standard InChI is InChI=1S/C7H16N2O.2ClH/c1-9(4-5-10)7-2-3-8-6-7;;/h7-8,10H,2-6H2,1H3;2*1H/t7-;;/m0../s1. The van der Waals surface area contributed by atoms with Gasteiger partial charge >= 0.3 is 0 Å². The fraction of sp³-hybridized carbons (Fsp3) is 1.00. The molecule has 0 radical (unpaired) electrons. The number of aliphatic hydroxyl groups excluding tert-OH is 1. The molecule has 0 unspecified atom stereocenters. The molecule has 0 aliphatic carbocycles. The fourth-order valence-corrected chi connectivity index (χ4v) is 1.36. The van der Waals surface area contributed by atoms with Crippen LogP contribution in [-0.4, -0.2) is 49.3 Å². The molecule has 1 aliphatic rings. The molecule has 1 rings (SSSR count). The average Bonchev–Trinajstić information content (AvgIpc) is 2.38. The normalized spacial score (nSPS) is 21.8. The number of hydrogen-bond donors (Lipinski definition) is 2. The summed E-state index contributed by atoms with van der Waals surface area (Å²) in [4.78, 5) is 2.21. The molecule has 1 aliphatic heterocycles. The predicted octanol–water partition coefficient (Wildman–Crippen LogP) is 0.116. The monoisotopic (exact) mass is 216 g/mol. The summed E-state index contributed by atoms with van der Waals surface area (Å²) in [7, 11) is 2.06. The van der Waals surface area contributed by atoms with Crippen LogP contribution in [0.3, 0.4) is 0 Å². The molecular formula is C7H18Cl2N2O. The quantitative estimate of drug-likeness (QED) is 0.704. The molecule has 0 amide bonds. The van der Waals surface area contributed by atoms with Crippen LogP contribution in [0.25, 0.3) is 0 Å². The number of nitrogens with one attached hydrogen (secondary N) is 1. The topological polar surface area (TPSA) is 35.5 Å². The molecule has 1 heterocycles. The van der Waals surface area contributed by atoms with Crippen molar-refractivity contribution >= 4 is 24.8 Å². The summed E-state index contributed by atoms with van der Waals surface area (Å²) in [6.45, 7) is 3.27. The highest BCUT2D eigenvalue weighted by atomic mass is 35.5. The lowest BCUT2D eigenvalue weighted by Crippen LogP contribution is -2.35. The summed E-state index contributed by atoms with van der Waals surface area (Å²) in [5.41, 5.74) is 0. The first-order valence-corrected chi connectivity index (χ1v) is 3.86. The minimum atomic E-state index is 0. The number of likely N-dealkylation sites (N-methyl/N-ethyl adjacent to an activating group) is 1. The maximum atomic E-state index is 8.63. The van der Waals surface area contributed by atoms with Crippen molar-refractivity contribution in [3.63, 3.8) is 0 Å². The fourth-order valence-electron chi connectivity index (χ4n) is 1.36. The Bertz CT molecular complexity index is 99.4. The van der Waals surface area contributed by atoms with Gasteiger partial charge in [-0.2, -0.15) is 0 Å². The number of halogens is 2. The van der Waals surface area contributed by atoms with Crippen LogP contribution >= 0.6 is 24.8 Å². The van der Waals surface area contributed by atoms with Crippen LogP contribution in [0, 0.1) is 0 Å². The van der Waals surface area contributed by atoms with Crippen LogP contribution in [0.2, 0.25) is 0 Å². The minimum Gasteiger partial charge on any atom is -0.395 e. The summed E-state index contributed by atoms with van der Waals surface area (Å²) >= 11 is 0. The zero-order valence-electron chi connectivity index (χ0n) is 7.32. The van der Waals surface area contributed by atoms with Gasteiger partial charge in [-0.15, -0.1) is 24.8 Å². The highest BCUT2D eigenvalue weighted by Gasteiger charge is 2.17. The molecule has 3 nitrogen and oxygen atoms in total. The van der Waals surface area contributed by atoms with Gasteiger partial charge in [-0.05, 0) is 20.0 Å². The third kappa shape index (κ3) is 4.48. The van der Waals surface area contributed by atoms with Crippen molar-refractivity contribution in [2.75, 3.05) is 33.3 Å². The second kappa shape index (κ2) is 8.08. The molecule has 12 heavy (non-hydrogen) atoms. The number of aliphatic hydroxyl groups is 1. The molecular weight excluding hydrogens is 199 g/mol. The smallest absolute Gasteiger partial charge is 0.0558 e. The van der Waals surface area contributed by atoms with Crippen LogP contribution in [0.5, 0.6) is 0 Å². The van der Waals surface area contributed by atoms with Crippen LogP contribution in [0.4, 0.5) is 0 Å². The summed E-state index contributed by atoms with van der Waals surface area (Å²) in [6, 6.07) is 0.646. The second-order valence-corrected chi connectivity index (χ2v) is 2.85. The molecule has 0 bridgehead atoms. The van der Waals surface area contributed by atoms with Gasteiger partial charge in [0.2, 0.25) is 0 Å². The molecule has 0 spiro atoms. The van der Waals surface area contributed by atoms with Gasteiger partial charge < -0.3 is 10.4 Å². The van der Waals surface area contributed by atoms with Crippen LogP contribution in [0.1, 0.15) is 6.42 Å². The van der Waals surface area contributed by atoms with E-state index in [1.165, 1.54) is 6.42 Å². The molecule has 1 saturated heterocycles. The third-order valence-corrected chi connectivity index (χ3v) is 2.11. The maximum absolute atomic E-state index is 8.63. The van der Waals surface area contributed by atoms with E-state index in [1.807, 2.05) is 0 Å². The van der Waals surface area contributed by atoms with E-state index in [4.69, 9.17) is 5.11 Å². The molecule has 5 heteroatoms. The minimum absolute atomic E-state index is 0. The van der Waals surface area contributed by atoms with Crippen molar-refractivity contribution in [3.8, 4) is 0 Å². The van der Waals surface area contributed by atoms with E-state index >= 15 is 0 Å². The van der Waals surface area contributed by atoms with Gasteiger partial charge in [0.05, 0.1) is 6.61 Å². The summed E-state index contributed by atoms with van der Waals surface area (Å²) in [5.74, 6) is 0. The Morgan fingerprint density at radius 1 is 1.50 bits per heavy atom. The number of rotatable bonds is 3. The van der Waals surface area contributed by atoms with E-state index in [0.29, 0.717) is 6.04 Å². The molecule has 76 valence electrons. The molecule has 1 atom stereocenters. The number of nitrogens with zero attached hydrogens (tertiary/aromatic N) is 1. The largest absolute Gasteiger partial charge is 0.395 e. The van der Waals surface area contributed by atoms with Crippen molar-refractivity contribution in [1.82, 2.24) is 10.2 Å². The third-order valence-electron chi connectivity index (χ3n) is 2.11. The van der Waals surface area contributed by atoms with Crippen molar-refractivity contribution in [2.45, 2.75) is 12.5 Å². The van der Waals surface area contributed by atoms with Gasteiger partial charge in [0.25, 0.3) is 0 Å². The van der Waals surface area contributed by atoms with E-state index in [0.717, 1.165) is 19.6 Å². The molecule has 0 aromatic rings. The van der Waals surface area contributed by atoms with Gasteiger partial charge in [-0.1, -0.05) is 0 Å². The highest BCUT2D eigenvalue weighted by molar-refractivity contribution is 5.85. The zero-order valence-corrected chi connectivity index (χ0v) is 8.96.